The highest BCUT2D eigenvalue weighted by Crippen LogP contribution is 2.30. The second-order valence-electron chi connectivity index (χ2n) is 6.45. The number of benzene rings is 1. The summed E-state index contributed by atoms with van der Waals surface area (Å²) in [4.78, 5) is 4.72. The number of hydrogen-bond donors (Lipinski definition) is 1. The van der Waals surface area contributed by atoms with Gasteiger partial charge in [-0.05, 0) is 51.9 Å². The predicted octanol–water partition coefficient (Wildman–Crippen LogP) is 2.19. The molecule has 1 aromatic carbocycles. The summed E-state index contributed by atoms with van der Waals surface area (Å²) in [5.41, 5.74) is 3.95. The molecule has 0 amide bonds. The van der Waals surface area contributed by atoms with E-state index in [0.717, 1.165) is 13.1 Å². The molecule has 3 heteroatoms. The second-order valence-corrected chi connectivity index (χ2v) is 6.45. The van der Waals surface area contributed by atoms with Gasteiger partial charge >= 0.3 is 0 Å². The van der Waals surface area contributed by atoms with Crippen LogP contribution in [0.25, 0.3) is 0 Å². The van der Waals surface area contributed by atoms with Gasteiger partial charge in [-0.3, -0.25) is 4.90 Å². The van der Waals surface area contributed by atoms with Crippen LogP contribution in [-0.4, -0.2) is 48.3 Å². The molecule has 0 saturated carbocycles. The third kappa shape index (κ3) is 2.77. The van der Waals surface area contributed by atoms with Crippen LogP contribution in [0.4, 0.5) is 5.69 Å². The van der Waals surface area contributed by atoms with E-state index in [2.05, 4.69) is 62.7 Å². The average Bonchev–Trinajstić information content (AvgIpc) is 2.35. The Morgan fingerprint density at radius 1 is 1.32 bits per heavy atom. The molecule has 1 unspecified atom stereocenters. The number of aliphatic hydroxyl groups is 1. The number of aryl methyl sites for hydroxylation is 2. The fourth-order valence-corrected chi connectivity index (χ4v) is 2.80. The smallest absolute Gasteiger partial charge is 0.0648 e. The van der Waals surface area contributed by atoms with E-state index in [-0.39, 0.29) is 18.2 Å². The molecule has 1 heterocycles. The first-order chi connectivity index (χ1) is 8.85. The van der Waals surface area contributed by atoms with Gasteiger partial charge in [-0.25, -0.2) is 0 Å². The first-order valence-corrected chi connectivity index (χ1v) is 7.01. The Kier molecular flexibility index (Phi) is 3.88. The largest absolute Gasteiger partial charge is 0.394 e. The lowest BCUT2D eigenvalue weighted by Gasteiger charge is -2.50. The van der Waals surface area contributed by atoms with E-state index in [4.69, 9.17) is 0 Å². The maximum Gasteiger partial charge on any atom is 0.0648 e. The van der Waals surface area contributed by atoms with Crippen molar-refractivity contribution in [3.05, 3.63) is 29.3 Å². The van der Waals surface area contributed by atoms with Gasteiger partial charge in [0.2, 0.25) is 0 Å². The summed E-state index contributed by atoms with van der Waals surface area (Å²) in [6, 6.07) is 6.73. The third-order valence-corrected chi connectivity index (χ3v) is 4.40. The standard InChI is InChI=1S/C16H26N2O/c1-12-6-7-13(2)15(8-12)18-11-16(3,4)17(5)9-14(18)10-19/h6-8,14,19H,9-11H2,1-5H3. The van der Waals surface area contributed by atoms with Crippen molar-refractivity contribution in [2.75, 3.05) is 31.6 Å². The SMILES string of the molecule is Cc1ccc(C)c(N2CC(C)(C)N(C)CC2CO)c1. The predicted molar refractivity (Wildman–Crippen MR) is 80.8 cm³/mol. The van der Waals surface area contributed by atoms with E-state index in [1.807, 2.05) is 0 Å². The molecule has 1 saturated heterocycles. The summed E-state index contributed by atoms with van der Waals surface area (Å²) in [5, 5.41) is 9.70. The van der Waals surface area contributed by atoms with Crippen molar-refractivity contribution in [2.45, 2.75) is 39.3 Å². The Morgan fingerprint density at radius 3 is 2.63 bits per heavy atom. The first kappa shape index (κ1) is 14.4. The number of rotatable bonds is 2. The van der Waals surface area contributed by atoms with Crippen molar-refractivity contribution < 1.29 is 5.11 Å². The Hall–Kier alpha value is -1.06. The number of likely N-dealkylation sites (N-methyl/N-ethyl adjacent to an activating group) is 1. The summed E-state index contributed by atoms with van der Waals surface area (Å²) in [6.07, 6.45) is 0. The van der Waals surface area contributed by atoms with E-state index in [1.54, 1.807) is 0 Å². The number of aliphatic hydroxyl groups excluding tert-OH is 1. The highest BCUT2D eigenvalue weighted by atomic mass is 16.3. The number of hydrogen-bond acceptors (Lipinski definition) is 3. The molecule has 3 nitrogen and oxygen atoms in total. The van der Waals surface area contributed by atoms with E-state index < -0.39 is 0 Å². The molecule has 1 N–H and O–H groups in total. The summed E-state index contributed by atoms with van der Waals surface area (Å²) in [7, 11) is 2.14. The quantitative estimate of drug-likeness (QED) is 0.885. The topological polar surface area (TPSA) is 26.7 Å². The van der Waals surface area contributed by atoms with Crippen molar-refractivity contribution in [2.24, 2.45) is 0 Å². The molecule has 2 rings (SSSR count). The van der Waals surface area contributed by atoms with Crippen molar-refractivity contribution in [3.8, 4) is 0 Å². The molecule has 1 fully saturated rings. The van der Waals surface area contributed by atoms with Crippen LogP contribution in [-0.2, 0) is 0 Å². The van der Waals surface area contributed by atoms with Crippen molar-refractivity contribution in [1.29, 1.82) is 0 Å². The maximum atomic E-state index is 9.70. The van der Waals surface area contributed by atoms with Crippen LogP contribution < -0.4 is 4.90 Å². The molecule has 0 radical (unpaired) electrons. The second kappa shape index (κ2) is 5.14. The molecule has 1 aliphatic heterocycles. The molecule has 0 spiro atoms. The van der Waals surface area contributed by atoms with Gasteiger partial charge < -0.3 is 10.0 Å². The highest BCUT2D eigenvalue weighted by molar-refractivity contribution is 5.56. The van der Waals surface area contributed by atoms with Gasteiger partial charge in [0.25, 0.3) is 0 Å². The van der Waals surface area contributed by atoms with E-state index >= 15 is 0 Å². The molecule has 0 bridgehead atoms. The van der Waals surface area contributed by atoms with Gasteiger partial charge in [0.05, 0.1) is 12.6 Å². The lowest BCUT2D eigenvalue weighted by atomic mass is 9.95. The van der Waals surface area contributed by atoms with Crippen LogP contribution >= 0.6 is 0 Å². The van der Waals surface area contributed by atoms with E-state index in [9.17, 15) is 5.11 Å². The highest BCUT2D eigenvalue weighted by Gasteiger charge is 2.37. The van der Waals surface area contributed by atoms with Gasteiger partial charge in [0, 0.05) is 24.3 Å². The summed E-state index contributed by atoms with van der Waals surface area (Å²) in [6.45, 7) is 10.8. The Bertz CT molecular complexity index is 456. The van der Waals surface area contributed by atoms with Crippen molar-refractivity contribution in [3.63, 3.8) is 0 Å². The minimum Gasteiger partial charge on any atom is -0.394 e. The third-order valence-electron chi connectivity index (χ3n) is 4.40. The summed E-state index contributed by atoms with van der Waals surface area (Å²) >= 11 is 0. The molecule has 1 aromatic rings. The zero-order valence-corrected chi connectivity index (χ0v) is 12.8. The van der Waals surface area contributed by atoms with Gasteiger partial charge in [-0.2, -0.15) is 0 Å². The van der Waals surface area contributed by atoms with Crippen LogP contribution in [0.5, 0.6) is 0 Å². The molecule has 19 heavy (non-hydrogen) atoms. The minimum atomic E-state index is 0.127. The Labute approximate surface area is 116 Å². The summed E-state index contributed by atoms with van der Waals surface area (Å²) < 4.78 is 0. The molecule has 106 valence electrons. The first-order valence-electron chi connectivity index (χ1n) is 7.01. The van der Waals surface area contributed by atoms with Crippen molar-refractivity contribution >= 4 is 5.69 Å². The van der Waals surface area contributed by atoms with Crippen LogP contribution in [0, 0.1) is 13.8 Å². The van der Waals surface area contributed by atoms with Gasteiger partial charge in [0.1, 0.15) is 0 Å². The maximum absolute atomic E-state index is 9.70. The van der Waals surface area contributed by atoms with Gasteiger partial charge in [-0.15, -0.1) is 0 Å². The minimum absolute atomic E-state index is 0.127. The fourth-order valence-electron chi connectivity index (χ4n) is 2.80. The average molecular weight is 262 g/mol. The monoisotopic (exact) mass is 262 g/mol. The van der Waals surface area contributed by atoms with Crippen LogP contribution in [0.1, 0.15) is 25.0 Å². The Balaban J connectivity index is 2.37. The number of anilines is 1. The number of piperazine rings is 1. The normalized spacial score (nSPS) is 23.7. The molecule has 0 aliphatic carbocycles. The zero-order chi connectivity index (χ0) is 14.2. The molecule has 1 atom stereocenters. The van der Waals surface area contributed by atoms with Crippen LogP contribution in [0.15, 0.2) is 18.2 Å². The molecular formula is C16H26N2O. The van der Waals surface area contributed by atoms with Crippen LogP contribution in [0.3, 0.4) is 0 Å². The lowest BCUT2D eigenvalue weighted by Crippen LogP contribution is -2.63. The number of nitrogens with zero attached hydrogens (tertiary/aromatic N) is 2. The van der Waals surface area contributed by atoms with Crippen molar-refractivity contribution in [1.82, 2.24) is 4.90 Å². The zero-order valence-electron chi connectivity index (χ0n) is 12.8. The van der Waals surface area contributed by atoms with Gasteiger partial charge in [-0.1, -0.05) is 12.1 Å². The van der Waals surface area contributed by atoms with E-state index in [0.29, 0.717) is 0 Å². The molecular weight excluding hydrogens is 236 g/mol. The van der Waals surface area contributed by atoms with Crippen LogP contribution in [0.2, 0.25) is 0 Å². The van der Waals surface area contributed by atoms with Gasteiger partial charge in [0.15, 0.2) is 0 Å². The lowest BCUT2D eigenvalue weighted by molar-refractivity contribution is 0.0932. The summed E-state index contributed by atoms with van der Waals surface area (Å²) in [5.74, 6) is 0. The fraction of sp³-hybridized carbons (Fsp3) is 0.625. The Morgan fingerprint density at radius 2 is 2.00 bits per heavy atom. The molecule has 0 aromatic heterocycles. The molecule has 1 aliphatic rings. The van der Waals surface area contributed by atoms with E-state index in [1.165, 1.54) is 16.8 Å².